The summed E-state index contributed by atoms with van der Waals surface area (Å²) in [6.07, 6.45) is 4.95. The summed E-state index contributed by atoms with van der Waals surface area (Å²) in [4.78, 5) is 10.1. The molecule has 1 saturated heterocycles. The van der Waals surface area contributed by atoms with Gasteiger partial charge in [-0.05, 0) is 41.5 Å². The van der Waals surface area contributed by atoms with E-state index in [1.54, 1.807) is 35.6 Å². The number of hydrogen-bond donors (Lipinski definition) is 2. The molecule has 0 saturated carbocycles. The molecule has 0 amide bonds. The minimum Gasteiger partial charge on any atom is -0.353 e. The Morgan fingerprint density at radius 3 is 2.79 bits per heavy atom. The van der Waals surface area contributed by atoms with Gasteiger partial charge in [-0.3, -0.25) is 15.0 Å². The van der Waals surface area contributed by atoms with Crippen LogP contribution in [0.2, 0.25) is 0 Å². The van der Waals surface area contributed by atoms with Crippen LogP contribution in [0.1, 0.15) is 23.4 Å². The first-order valence-corrected chi connectivity index (χ1v) is 10.8. The summed E-state index contributed by atoms with van der Waals surface area (Å²) in [6.45, 7) is 4.71. The highest BCUT2D eigenvalue weighted by Gasteiger charge is 2.37. The van der Waals surface area contributed by atoms with Gasteiger partial charge in [0.25, 0.3) is 5.92 Å². The Labute approximate surface area is 194 Å². The van der Waals surface area contributed by atoms with Crippen LogP contribution in [0.4, 0.5) is 14.5 Å². The van der Waals surface area contributed by atoms with Crippen molar-refractivity contribution in [2.24, 2.45) is 0 Å². The quantitative estimate of drug-likeness (QED) is 0.431. The highest BCUT2D eigenvalue weighted by Crippen LogP contribution is 2.30. The molecule has 0 aliphatic carbocycles. The third kappa shape index (κ3) is 4.49. The molecule has 1 aliphatic rings. The maximum Gasteiger partial charge on any atom is 0.261 e. The number of fused-ring (bicyclic) bond motifs is 1. The molecule has 1 aliphatic heterocycles. The van der Waals surface area contributed by atoms with E-state index in [1.165, 1.54) is 0 Å². The van der Waals surface area contributed by atoms with Crippen molar-refractivity contribution in [3.05, 3.63) is 78.5 Å². The van der Waals surface area contributed by atoms with Gasteiger partial charge in [-0.15, -0.1) is 0 Å². The van der Waals surface area contributed by atoms with Crippen molar-refractivity contribution < 1.29 is 8.78 Å². The topological polar surface area (TPSA) is 93.5 Å². The first-order valence-electron chi connectivity index (χ1n) is 10.8. The van der Waals surface area contributed by atoms with Crippen molar-refractivity contribution in [2.45, 2.75) is 18.9 Å². The number of benzene rings is 1. The fourth-order valence-corrected chi connectivity index (χ4v) is 4.12. The van der Waals surface area contributed by atoms with Gasteiger partial charge in [0.05, 0.1) is 29.6 Å². The number of nitriles is 1. The number of anilines is 1. The van der Waals surface area contributed by atoms with Crippen LogP contribution in [0.5, 0.6) is 0 Å². The number of nitrogens with zero attached hydrogens (tertiary/aromatic N) is 5. The summed E-state index contributed by atoms with van der Waals surface area (Å²) in [5.74, 6) is -2.61. The van der Waals surface area contributed by atoms with Gasteiger partial charge >= 0.3 is 0 Å². The van der Waals surface area contributed by atoms with Crippen LogP contribution in [0, 0.1) is 11.3 Å². The molecular weight excluding hydrogens is 436 g/mol. The summed E-state index contributed by atoms with van der Waals surface area (Å²) in [5, 5.41) is 20.4. The van der Waals surface area contributed by atoms with E-state index in [-0.39, 0.29) is 13.0 Å². The second-order valence-corrected chi connectivity index (χ2v) is 8.38. The molecule has 0 spiro atoms. The molecule has 3 aromatic heterocycles. The molecule has 4 aromatic rings. The van der Waals surface area contributed by atoms with Gasteiger partial charge in [-0.1, -0.05) is 12.6 Å². The van der Waals surface area contributed by atoms with E-state index in [4.69, 9.17) is 5.26 Å². The number of alkyl halides is 2. The number of nitrogens with one attached hydrogen (secondary N) is 2. The zero-order valence-corrected chi connectivity index (χ0v) is 18.2. The highest BCUT2D eigenvalue weighted by atomic mass is 19.3. The lowest BCUT2D eigenvalue weighted by atomic mass is 10.0. The molecule has 9 heteroatoms. The number of aromatic nitrogens is 4. The van der Waals surface area contributed by atoms with Crippen molar-refractivity contribution in [3.63, 3.8) is 0 Å². The number of likely N-dealkylation sites (tertiary alicyclic amines) is 1. The summed E-state index contributed by atoms with van der Waals surface area (Å²) >= 11 is 0. The Balaban J connectivity index is 1.38. The van der Waals surface area contributed by atoms with Crippen molar-refractivity contribution in [1.29, 1.82) is 5.26 Å². The third-order valence-corrected chi connectivity index (χ3v) is 5.81. The smallest absolute Gasteiger partial charge is 0.261 e. The van der Waals surface area contributed by atoms with E-state index < -0.39 is 5.92 Å². The molecule has 0 radical (unpaired) electrons. The molecular formula is C25H21F2N7. The lowest BCUT2D eigenvalue weighted by Gasteiger charge is -2.15. The summed E-state index contributed by atoms with van der Waals surface area (Å²) in [7, 11) is 0. The fraction of sp³-hybridized carbons (Fsp3) is 0.200. The van der Waals surface area contributed by atoms with Crippen molar-refractivity contribution >= 4 is 22.3 Å². The maximum atomic E-state index is 13.5. The van der Waals surface area contributed by atoms with Crippen LogP contribution in [-0.4, -0.2) is 44.1 Å². The fourth-order valence-electron chi connectivity index (χ4n) is 4.12. The average Bonchev–Trinajstić information content (AvgIpc) is 3.41. The highest BCUT2D eigenvalue weighted by molar-refractivity contribution is 5.95. The molecule has 2 N–H and O–H groups in total. The van der Waals surface area contributed by atoms with E-state index >= 15 is 0 Å². The second-order valence-electron chi connectivity index (χ2n) is 8.38. The van der Waals surface area contributed by atoms with Crippen molar-refractivity contribution in [2.75, 3.05) is 18.4 Å². The number of H-pyrrole nitrogens is 1. The van der Waals surface area contributed by atoms with Gasteiger partial charge in [0, 0.05) is 42.9 Å². The van der Waals surface area contributed by atoms with Gasteiger partial charge in [0.1, 0.15) is 17.5 Å². The Morgan fingerprint density at radius 1 is 1.18 bits per heavy atom. The molecule has 0 unspecified atom stereocenters. The number of halogens is 2. The van der Waals surface area contributed by atoms with Gasteiger partial charge < -0.3 is 5.32 Å². The number of aromatic amines is 1. The molecule has 170 valence electrons. The first kappa shape index (κ1) is 21.7. The van der Waals surface area contributed by atoms with Crippen LogP contribution >= 0.6 is 0 Å². The molecule has 7 nitrogen and oxygen atoms in total. The first-order chi connectivity index (χ1) is 16.4. The van der Waals surface area contributed by atoms with Gasteiger partial charge in [-0.2, -0.15) is 10.4 Å². The van der Waals surface area contributed by atoms with Crippen LogP contribution < -0.4 is 5.32 Å². The van der Waals surface area contributed by atoms with E-state index in [0.717, 1.165) is 27.6 Å². The molecule has 1 fully saturated rings. The Kier molecular flexibility index (Phi) is 5.51. The van der Waals surface area contributed by atoms with Crippen molar-refractivity contribution in [3.8, 4) is 17.2 Å². The zero-order chi connectivity index (χ0) is 23.7. The Hall–Kier alpha value is -4.16. The minimum absolute atomic E-state index is 0.101. The summed E-state index contributed by atoms with van der Waals surface area (Å²) < 4.78 is 27.1. The SMILES string of the molecule is C=C(Nc1ccc(C#N)nc1)c1n[nH]c2ccc(-c3cncc(CN4CCC(F)(F)C4)c3)cc12. The molecule has 1 aromatic carbocycles. The van der Waals surface area contributed by atoms with Gasteiger partial charge in [-0.25, -0.2) is 13.8 Å². The predicted molar refractivity (Wildman–Crippen MR) is 126 cm³/mol. The van der Waals surface area contributed by atoms with Crippen molar-refractivity contribution in [1.82, 2.24) is 25.1 Å². The Bertz CT molecular complexity index is 1400. The number of rotatable bonds is 6. The van der Waals surface area contributed by atoms with Crippen LogP contribution in [0.15, 0.2) is 61.6 Å². The standard InChI is InChI=1S/C25H21F2N7/c1-16(31-21-4-3-20(10-28)30-13-21)24-22-9-18(2-5-23(22)32-33-24)19-8-17(11-29-12-19)14-34-7-6-25(26,27)15-34/h2-5,8-9,11-13,31H,1,6-7,14-15H2,(H,32,33). The predicted octanol–water partition coefficient (Wildman–Crippen LogP) is 4.82. The van der Waals surface area contributed by atoms with Crippen LogP contribution in [0.3, 0.4) is 0 Å². The molecule has 5 rings (SSSR count). The summed E-state index contributed by atoms with van der Waals surface area (Å²) in [5.41, 5.74) is 5.84. The normalized spacial score (nSPS) is 15.3. The van der Waals surface area contributed by atoms with Gasteiger partial charge in [0.2, 0.25) is 0 Å². The lowest BCUT2D eigenvalue weighted by Crippen LogP contribution is -2.24. The largest absolute Gasteiger partial charge is 0.353 e. The third-order valence-electron chi connectivity index (χ3n) is 5.81. The van der Waals surface area contributed by atoms with E-state index in [2.05, 4.69) is 32.1 Å². The molecule has 0 bridgehead atoms. The Morgan fingerprint density at radius 2 is 2.06 bits per heavy atom. The van der Waals surface area contributed by atoms with E-state index in [1.807, 2.05) is 30.3 Å². The van der Waals surface area contributed by atoms with E-state index in [0.29, 0.717) is 35.9 Å². The van der Waals surface area contributed by atoms with Crippen LogP contribution in [-0.2, 0) is 6.54 Å². The van der Waals surface area contributed by atoms with Crippen LogP contribution in [0.25, 0.3) is 27.7 Å². The zero-order valence-electron chi connectivity index (χ0n) is 18.2. The van der Waals surface area contributed by atoms with Gasteiger partial charge in [0.15, 0.2) is 0 Å². The number of pyridine rings is 2. The molecule has 4 heterocycles. The van der Waals surface area contributed by atoms with E-state index in [9.17, 15) is 8.78 Å². The lowest BCUT2D eigenvalue weighted by molar-refractivity contribution is 0.0115. The minimum atomic E-state index is -2.61. The second kappa shape index (κ2) is 8.65. The maximum absolute atomic E-state index is 13.5. The average molecular weight is 457 g/mol. The summed E-state index contributed by atoms with van der Waals surface area (Å²) in [6, 6.07) is 13.3. The molecule has 0 atom stereocenters. The number of hydrogen-bond acceptors (Lipinski definition) is 6. The monoisotopic (exact) mass is 457 g/mol. The molecule has 34 heavy (non-hydrogen) atoms.